The van der Waals surface area contributed by atoms with Crippen molar-refractivity contribution in [3.63, 3.8) is 0 Å². The molecular formula is C17H29ClN2. The zero-order valence-corrected chi connectivity index (χ0v) is 14.2. The van der Waals surface area contributed by atoms with Crippen LogP contribution in [0.2, 0.25) is 5.02 Å². The van der Waals surface area contributed by atoms with E-state index in [1.54, 1.807) is 0 Å². The fraction of sp³-hybridized carbons (Fsp3) is 0.647. The van der Waals surface area contributed by atoms with Gasteiger partial charge in [0.1, 0.15) is 0 Å². The Kier molecular flexibility index (Phi) is 7.57. The van der Waals surface area contributed by atoms with E-state index in [0.717, 1.165) is 23.9 Å². The first-order valence-electron chi connectivity index (χ1n) is 7.52. The third kappa shape index (κ3) is 6.74. The maximum Gasteiger partial charge on any atom is 0.0406 e. The highest BCUT2D eigenvalue weighted by Crippen LogP contribution is 2.12. The first kappa shape index (κ1) is 17.5. The van der Waals surface area contributed by atoms with E-state index in [1.807, 2.05) is 12.1 Å². The molecule has 0 aliphatic carbocycles. The zero-order valence-electron chi connectivity index (χ0n) is 13.5. The Labute approximate surface area is 129 Å². The molecule has 0 spiro atoms. The molecule has 1 aromatic carbocycles. The minimum Gasteiger partial charge on any atom is -0.312 e. The van der Waals surface area contributed by atoms with E-state index in [-0.39, 0.29) is 0 Å². The molecule has 2 nitrogen and oxygen atoms in total. The van der Waals surface area contributed by atoms with E-state index < -0.39 is 0 Å². The summed E-state index contributed by atoms with van der Waals surface area (Å²) < 4.78 is 0. The number of nitrogens with one attached hydrogen (secondary N) is 1. The molecule has 0 bridgehead atoms. The first-order valence-corrected chi connectivity index (χ1v) is 7.90. The molecule has 0 fully saturated rings. The van der Waals surface area contributed by atoms with Crippen molar-refractivity contribution in [3.8, 4) is 0 Å². The van der Waals surface area contributed by atoms with Gasteiger partial charge >= 0.3 is 0 Å². The van der Waals surface area contributed by atoms with Crippen LogP contribution < -0.4 is 5.32 Å². The summed E-state index contributed by atoms with van der Waals surface area (Å²) in [5.74, 6) is 0.732. The Morgan fingerprint density at radius 3 is 2.20 bits per heavy atom. The SMILES string of the molecule is CC(C)CC(CNC(C)Cc1ccc(Cl)cc1)N(C)C. The van der Waals surface area contributed by atoms with Crippen molar-refractivity contribution in [2.24, 2.45) is 5.92 Å². The Morgan fingerprint density at radius 2 is 1.70 bits per heavy atom. The van der Waals surface area contributed by atoms with E-state index >= 15 is 0 Å². The maximum absolute atomic E-state index is 5.91. The van der Waals surface area contributed by atoms with Crippen LogP contribution in [0.15, 0.2) is 24.3 Å². The summed E-state index contributed by atoms with van der Waals surface area (Å²) in [6, 6.07) is 9.22. The molecule has 0 saturated heterocycles. The van der Waals surface area contributed by atoms with Crippen LogP contribution in [-0.4, -0.2) is 37.6 Å². The molecule has 0 amide bonds. The van der Waals surface area contributed by atoms with Gasteiger partial charge in [-0.15, -0.1) is 0 Å². The predicted octanol–water partition coefficient (Wildman–Crippen LogP) is 3.84. The molecule has 114 valence electrons. The maximum atomic E-state index is 5.91. The Hall–Kier alpha value is -0.570. The zero-order chi connectivity index (χ0) is 15.1. The van der Waals surface area contributed by atoms with Crippen LogP contribution >= 0.6 is 11.6 Å². The van der Waals surface area contributed by atoms with Gasteiger partial charge in [0.15, 0.2) is 0 Å². The standard InChI is InChI=1S/C17H29ClN2/c1-13(2)10-17(20(4)5)12-19-14(3)11-15-6-8-16(18)9-7-15/h6-9,13-14,17,19H,10-12H2,1-5H3. The number of halogens is 1. The summed E-state index contributed by atoms with van der Waals surface area (Å²) in [7, 11) is 4.33. The quantitative estimate of drug-likeness (QED) is 0.784. The van der Waals surface area contributed by atoms with E-state index in [2.05, 4.69) is 57.2 Å². The first-order chi connectivity index (χ1) is 9.38. The molecule has 0 radical (unpaired) electrons. The number of likely N-dealkylation sites (N-methyl/N-ethyl adjacent to an activating group) is 1. The van der Waals surface area contributed by atoms with Crippen molar-refractivity contribution in [1.82, 2.24) is 10.2 Å². The van der Waals surface area contributed by atoms with Gasteiger partial charge < -0.3 is 10.2 Å². The van der Waals surface area contributed by atoms with Crippen LogP contribution in [0.1, 0.15) is 32.8 Å². The van der Waals surface area contributed by atoms with Crippen LogP contribution in [0.5, 0.6) is 0 Å². The van der Waals surface area contributed by atoms with Gasteiger partial charge in [-0.25, -0.2) is 0 Å². The second-order valence-electron chi connectivity index (χ2n) is 6.39. The fourth-order valence-electron chi connectivity index (χ4n) is 2.40. The van der Waals surface area contributed by atoms with Gasteiger partial charge in [-0.1, -0.05) is 37.6 Å². The molecule has 1 rings (SSSR count). The van der Waals surface area contributed by atoms with Crippen LogP contribution in [0.4, 0.5) is 0 Å². The molecular weight excluding hydrogens is 268 g/mol. The van der Waals surface area contributed by atoms with Crippen LogP contribution in [0, 0.1) is 5.92 Å². The highest BCUT2D eigenvalue weighted by Gasteiger charge is 2.14. The van der Waals surface area contributed by atoms with Crippen molar-refractivity contribution in [3.05, 3.63) is 34.9 Å². The van der Waals surface area contributed by atoms with Gasteiger partial charge in [0, 0.05) is 23.7 Å². The average molecular weight is 297 g/mol. The Balaban J connectivity index is 2.41. The molecule has 0 heterocycles. The van der Waals surface area contributed by atoms with Crippen molar-refractivity contribution in [2.75, 3.05) is 20.6 Å². The summed E-state index contributed by atoms with van der Waals surface area (Å²) in [5.41, 5.74) is 1.33. The van der Waals surface area contributed by atoms with Crippen molar-refractivity contribution < 1.29 is 0 Å². The number of benzene rings is 1. The highest BCUT2D eigenvalue weighted by atomic mass is 35.5. The molecule has 0 aliphatic rings. The Morgan fingerprint density at radius 1 is 1.10 bits per heavy atom. The van der Waals surface area contributed by atoms with E-state index in [0.29, 0.717) is 12.1 Å². The Bertz CT molecular complexity index is 373. The topological polar surface area (TPSA) is 15.3 Å². The lowest BCUT2D eigenvalue weighted by molar-refractivity contribution is 0.241. The van der Waals surface area contributed by atoms with Crippen molar-refractivity contribution in [2.45, 2.75) is 45.7 Å². The molecule has 0 saturated carbocycles. The van der Waals surface area contributed by atoms with E-state index in [1.165, 1.54) is 12.0 Å². The second-order valence-corrected chi connectivity index (χ2v) is 6.82. The summed E-state index contributed by atoms with van der Waals surface area (Å²) in [6.07, 6.45) is 2.27. The van der Waals surface area contributed by atoms with Gasteiger partial charge in [-0.05, 0) is 57.5 Å². The molecule has 2 atom stereocenters. The number of rotatable bonds is 8. The summed E-state index contributed by atoms with van der Waals surface area (Å²) in [5, 5.41) is 4.46. The van der Waals surface area contributed by atoms with Crippen molar-refractivity contribution in [1.29, 1.82) is 0 Å². The molecule has 3 heteroatoms. The number of hydrogen-bond donors (Lipinski definition) is 1. The van der Waals surface area contributed by atoms with Crippen LogP contribution in [0.25, 0.3) is 0 Å². The van der Waals surface area contributed by atoms with Gasteiger partial charge in [0.25, 0.3) is 0 Å². The molecule has 0 aromatic heterocycles. The second kappa shape index (κ2) is 8.66. The lowest BCUT2D eigenvalue weighted by Gasteiger charge is -2.28. The monoisotopic (exact) mass is 296 g/mol. The molecule has 1 aromatic rings. The number of hydrogen-bond acceptors (Lipinski definition) is 2. The summed E-state index contributed by atoms with van der Waals surface area (Å²) in [6.45, 7) is 7.86. The molecule has 20 heavy (non-hydrogen) atoms. The predicted molar refractivity (Wildman–Crippen MR) is 89.6 cm³/mol. The fourth-order valence-corrected chi connectivity index (χ4v) is 2.53. The van der Waals surface area contributed by atoms with Gasteiger partial charge in [-0.3, -0.25) is 0 Å². The highest BCUT2D eigenvalue weighted by molar-refractivity contribution is 6.30. The third-order valence-corrected chi connectivity index (χ3v) is 3.88. The van der Waals surface area contributed by atoms with E-state index in [9.17, 15) is 0 Å². The van der Waals surface area contributed by atoms with Gasteiger partial charge in [0.05, 0.1) is 0 Å². The minimum atomic E-state index is 0.478. The van der Waals surface area contributed by atoms with Crippen LogP contribution in [0.3, 0.4) is 0 Å². The molecule has 2 unspecified atom stereocenters. The molecule has 1 N–H and O–H groups in total. The van der Waals surface area contributed by atoms with Gasteiger partial charge in [0.2, 0.25) is 0 Å². The van der Waals surface area contributed by atoms with Crippen LogP contribution in [-0.2, 0) is 6.42 Å². The van der Waals surface area contributed by atoms with E-state index in [4.69, 9.17) is 11.6 Å². The largest absolute Gasteiger partial charge is 0.312 e. The summed E-state index contributed by atoms with van der Waals surface area (Å²) in [4.78, 5) is 2.32. The third-order valence-electron chi connectivity index (χ3n) is 3.63. The number of nitrogens with zero attached hydrogens (tertiary/aromatic N) is 1. The van der Waals surface area contributed by atoms with Gasteiger partial charge in [-0.2, -0.15) is 0 Å². The lowest BCUT2D eigenvalue weighted by Crippen LogP contribution is -2.42. The van der Waals surface area contributed by atoms with Crippen molar-refractivity contribution >= 4 is 11.6 Å². The average Bonchev–Trinajstić information content (AvgIpc) is 2.36. The molecule has 0 aliphatic heterocycles. The lowest BCUT2D eigenvalue weighted by atomic mass is 10.0. The minimum absolute atomic E-state index is 0.478. The smallest absolute Gasteiger partial charge is 0.0406 e. The normalized spacial score (nSPS) is 14.8. The summed E-state index contributed by atoms with van der Waals surface area (Å²) >= 11 is 5.91.